The monoisotopic (exact) mass is 385 g/mol. The van der Waals surface area contributed by atoms with E-state index in [2.05, 4.69) is 15.4 Å². The quantitative estimate of drug-likeness (QED) is 0.618. The molecule has 0 spiro atoms. The van der Waals surface area contributed by atoms with Crippen molar-refractivity contribution >= 4 is 17.4 Å². The van der Waals surface area contributed by atoms with Gasteiger partial charge in [-0.05, 0) is 26.0 Å². The van der Waals surface area contributed by atoms with Crippen LogP contribution in [0.5, 0.6) is 5.75 Å². The highest BCUT2D eigenvalue weighted by molar-refractivity contribution is 5.94. The number of carboxylic acid groups (broad SMARTS) is 1. The second-order valence-electron chi connectivity index (χ2n) is 7.19. The van der Waals surface area contributed by atoms with Crippen molar-refractivity contribution in [2.24, 2.45) is 5.73 Å². The number of carbonyl (C=O) groups is 1. The summed E-state index contributed by atoms with van der Waals surface area (Å²) >= 11 is 0. The summed E-state index contributed by atoms with van der Waals surface area (Å²) in [6, 6.07) is 4.53. The van der Waals surface area contributed by atoms with Crippen LogP contribution in [-0.2, 0) is 6.42 Å². The molecule has 8 nitrogen and oxygen atoms in total. The first-order valence-electron chi connectivity index (χ1n) is 8.86. The Labute approximate surface area is 160 Å². The Kier molecular flexibility index (Phi) is 4.19. The first-order valence-corrected chi connectivity index (χ1v) is 8.86. The molecule has 4 N–H and O–H groups in total. The summed E-state index contributed by atoms with van der Waals surface area (Å²) in [5.74, 6) is -0.434. The highest BCUT2D eigenvalue weighted by Crippen LogP contribution is 2.41. The van der Waals surface area contributed by atoms with E-state index in [1.165, 1.54) is 16.8 Å². The molecular weight excluding hydrogens is 365 g/mol. The number of carboxylic acids is 1. The molecule has 3 aromatic rings. The van der Waals surface area contributed by atoms with Gasteiger partial charge in [-0.1, -0.05) is 6.07 Å². The van der Waals surface area contributed by atoms with Crippen LogP contribution >= 0.6 is 0 Å². The molecule has 28 heavy (non-hydrogen) atoms. The van der Waals surface area contributed by atoms with E-state index < -0.39 is 11.6 Å². The van der Waals surface area contributed by atoms with Crippen LogP contribution in [0.1, 0.15) is 41.4 Å². The molecule has 4 rings (SSSR count). The molecule has 3 heterocycles. The lowest BCUT2D eigenvalue weighted by atomic mass is 9.97. The maximum absolute atomic E-state index is 14.3. The molecule has 1 aliphatic heterocycles. The van der Waals surface area contributed by atoms with E-state index >= 15 is 0 Å². The Bertz CT molecular complexity index is 1080. The highest BCUT2D eigenvalue weighted by Gasteiger charge is 2.37. The van der Waals surface area contributed by atoms with E-state index in [9.17, 15) is 14.3 Å². The zero-order valence-corrected chi connectivity index (χ0v) is 15.4. The molecule has 2 aromatic heterocycles. The third-order valence-corrected chi connectivity index (χ3v) is 5.00. The van der Waals surface area contributed by atoms with E-state index in [1.54, 1.807) is 18.3 Å². The Morgan fingerprint density at radius 1 is 1.50 bits per heavy atom. The average Bonchev–Trinajstić information content (AvgIpc) is 3.23. The van der Waals surface area contributed by atoms with Crippen LogP contribution in [-0.4, -0.2) is 37.8 Å². The minimum Gasteiger partial charge on any atom is -0.485 e. The van der Waals surface area contributed by atoms with Gasteiger partial charge in [0.1, 0.15) is 28.5 Å². The molecule has 0 saturated carbocycles. The van der Waals surface area contributed by atoms with Gasteiger partial charge in [0.2, 0.25) is 0 Å². The number of nitrogens with zero attached hydrogens (tertiary/aromatic N) is 3. The van der Waals surface area contributed by atoms with Gasteiger partial charge in [0.15, 0.2) is 5.65 Å². The van der Waals surface area contributed by atoms with Crippen molar-refractivity contribution in [3.63, 3.8) is 0 Å². The van der Waals surface area contributed by atoms with E-state index in [-0.39, 0.29) is 29.6 Å². The molecule has 0 radical (unpaired) electrons. The smallest absolute Gasteiger partial charge is 0.341 e. The normalized spacial score (nSPS) is 19.3. The first-order chi connectivity index (χ1) is 13.3. The van der Waals surface area contributed by atoms with E-state index in [0.717, 1.165) is 5.56 Å². The summed E-state index contributed by atoms with van der Waals surface area (Å²) in [6.45, 7) is 4.03. The van der Waals surface area contributed by atoms with E-state index in [4.69, 9.17) is 10.5 Å². The number of nitrogens with one attached hydrogen (secondary N) is 1. The summed E-state index contributed by atoms with van der Waals surface area (Å²) in [6.07, 6.45) is 3.29. The number of benzene rings is 1. The number of halogens is 1. The molecule has 0 saturated heterocycles. The molecule has 2 atom stereocenters. The summed E-state index contributed by atoms with van der Waals surface area (Å²) in [7, 11) is 0. The minimum atomic E-state index is -1.10. The molecule has 0 amide bonds. The molecule has 0 aliphatic carbocycles. The molecular formula is C19H20FN5O3. The lowest BCUT2D eigenvalue weighted by Gasteiger charge is -2.23. The van der Waals surface area contributed by atoms with Gasteiger partial charge < -0.3 is 20.9 Å². The molecule has 146 valence electrons. The van der Waals surface area contributed by atoms with Crippen LogP contribution in [0.3, 0.4) is 0 Å². The summed E-state index contributed by atoms with van der Waals surface area (Å²) in [5, 5.41) is 16.4. The van der Waals surface area contributed by atoms with Gasteiger partial charge in [0.25, 0.3) is 0 Å². The predicted molar refractivity (Wildman–Crippen MR) is 100 cm³/mol. The minimum absolute atomic E-state index is 0.0148. The van der Waals surface area contributed by atoms with Crippen LogP contribution in [0.25, 0.3) is 5.65 Å². The second kappa shape index (κ2) is 6.45. The first kappa shape index (κ1) is 18.2. The number of rotatable bonds is 5. The van der Waals surface area contributed by atoms with Crippen molar-refractivity contribution in [3.05, 3.63) is 53.1 Å². The van der Waals surface area contributed by atoms with Gasteiger partial charge in [-0.3, -0.25) is 0 Å². The largest absolute Gasteiger partial charge is 0.485 e. The third-order valence-electron chi connectivity index (χ3n) is 5.00. The zero-order valence-electron chi connectivity index (χ0n) is 15.4. The molecule has 2 unspecified atom stereocenters. The molecule has 0 bridgehead atoms. The Balaban J connectivity index is 1.66. The molecule has 1 aliphatic rings. The second-order valence-corrected chi connectivity index (χ2v) is 7.19. The summed E-state index contributed by atoms with van der Waals surface area (Å²) < 4.78 is 21.7. The number of hydrogen-bond acceptors (Lipinski definition) is 6. The molecule has 1 aromatic carbocycles. The fraction of sp³-hybridized carbons (Fsp3) is 0.316. The number of ether oxygens (including phenoxy) is 1. The number of aromatic carboxylic acids is 1. The van der Waals surface area contributed by atoms with Gasteiger partial charge in [0, 0.05) is 30.3 Å². The van der Waals surface area contributed by atoms with Gasteiger partial charge in [-0.25, -0.2) is 18.7 Å². The van der Waals surface area contributed by atoms with Crippen molar-refractivity contribution in [1.29, 1.82) is 0 Å². The Morgan fingerprint density at radius 2 is 2.29 bits per heavy atom. The van der Waals surface area contributed by atoms with E-state index in [1.807, 2.05) is 13.8 Å². The van der Waals surface area contributed by atoms with Crippen molar-refractivity contribution in [2.45, 2.75) is 31.9 Å². The van der Waals surface area contributed by atoms with Gasteiger partial charge in [0.05, 0.1) is 12.2 Å². The van der Waals surface area contributed by atoms with Crippen LogP contribution < -0.4 is 15.8 Å². The van der Waals surface area contributed by atoms with Crippen LogP contribution in [0.4, 0.5) is 10.2 Å². The number of anilines is 1. The summed E-state index contributed by atoms with van der Waals surface area (Å²) in [4.78, 5) is 15.7. The third kappa shape index (κ3) is 2.93. The lowest BCUT2D eigenvalue weighted by molar-refractivity contribution is 0.0698. The Hall–Kier alpha value is -3.20. The fourth-order valence-corrected chi connectivity index (χ4v) is 3.42. The van der Waals surface area contributed by atoms with Gasteiger partial charge >= 0.3 is 5.97 Å². The topological polar surface area (TPSA) is 115 Å². The van der Waals surface area contributed by atoms with Crippen LogP contribution in [0.2, 0.25) is 0 Å². The lowest BCUT2D eigenvalue weighted by Crippen LogP contribution is -2.39. The number of hydrogen-bond donors (Lipinski definition) is 3. The van der Waals surface area contributed by atoms with Gasteiger partial charge in [-0.15, -0.1) is 0 Å². The zero-order chi connectivity index (χ0) is 20.1. The molecule has 0 fully saturated rings. The standard InChI is InChI=1S/C19H20FN5O3/c1-10(11-3-4-14(20)12-7-19(2,9-21)28-16(11)12)23-15-5-6-25-17(24-15)13(8-22-25)18(26)27/h3-6,8,10H,7,9,21H2,1-2H3,(H,23,24)(H,26,27). The van der Waals surface area contributed by atoms with Crippen molar-refractivity contribution in [3.8, 4) is 5.75 Å². The number of aromatic nitrogens is 3. The Morgan fingerprint density at radius 3 is 3.00 bits per heavy atom. The van der Waals surface area contributed by atoms with Crippen molar-refractivity contribution in [2.75, 3.05) is 11.9 Å². The number of nitrogens with two attached hydrogens (primary N) is 1. The van der Waals surface area contributed by atoms with Crippen LogP contribution in [0.15, 0.2) is 30.6 Å². The predicted octanol–water partition coefficient (Wildman–Crippen LogP) is 2.39. The highest BCUT2D eigenvalue weighted by atomic mass is 19.1. The summed E-state index contributed by atoms with van der Waals surface area (Å²) in [5.41, 5.74) is 6.72. The maximum atomic E-state index is 14.3. The van der Waals surface area contributed by atoms with Crippen LogP contribution in [0, 0.1) is 5.82 Å². The SMILES string of the molecule is CC(Nc1ccn2ncc(C(=O)O)c2n1)c1ccc(F)c2c1OC(C)(CN)C2. The maximum Gasteiger partial charge on any atom is 0.341 e. The average molecular weight is 385 g/mol. The number of fused-ring (bicyclic) bond motifs is 2. The van der Waals surface area contributed by atoms with Crippen molar-refractivity contribution in [1.82, 2.24) is 14.6 Å². The fourth-order valence-electron chi connectivity index (χ4n) is 3.42. The van der Waals surface area contributed by atoms with Crippen molar-refractivity contribution < 1.29 is 19.0 Å². The molecule has 9 heteroatoms. The van der Waals surface area contributed by atoms with Gasteiger partial charge in [-0.2, -0.15) is 5.10 Å². The van der Waals surface area contributed by atoms with E-state index in [0.29, 0.717) is 23.6 Å².